The fraction of sp³-hybridized carbons (Fsp3) is 0.0588. The molecule has 23 heavy (non-hydrogen) atoms. The topological polar surface area (TPSA) is 51.2 Å². The van der Waals surface area contributed by atoms with Gasteiger partial charge in [0, 0.05) is 22.2 Å². The van der Waals surface area contributed by atoms with Crippen LogP contribution in [-0.4, -0.2) is 18.0 Å². The normalized spacial score (nSPS) is 10.6. The van der Waals surface area contributed by atoms with Crippen molar-refractivity contribution in [1.82, 2.24) is 4.98 Å². The average molecular weight is 331 g/mol. The Morgan fingerprint density at radius 2 is 2.09 bits per heavy atom. The summed E-state index contributed by atoms with van der Waals surface area (Å²) in [4.78, 5) is 16.6. The number of fused-ring (bicyclic) bond motifs is 1. The van der Waals surface area contributed by atoms with Gasteiger partial charge in [0.05, 0.1) is 18.3 Å². The number of halogens is 2. The number of carbonyl (C=O) groups excluding carboxylic acids is 1. The third-order valence-corrected chi connectivity index (χ3v) is 3.55. The van der Waals surface area contributed by atoms with E-state index in [0.717, 1.165) is 11.5 Å². The van der Waals surface area contributed by atoms with Crippen molar-refractivity contribution in [3.05, 3.63) is 65.1 Å². The summed E-state index contributed by atoms with van der Waals surface area (Å²) in [6, 6.07) is 11.0. The predicted octanol–water partition coefficient (Wildman–Crippen LogP) is 4.29. The van der Waals surface area contributed by atoms with Gasteiger partial charge in [-0.15, -0.1) is 0 Å². The molecule has 0 spiro atoms. The quantitative estimate of drug-likeness (QED) is 0.779. The predicted molar refractivity (Wildman–Crippen MR) is 87.7 cm³/mol. The summed E-state index contributed by atoms with van der Waals surface area (Å²) in [6.45, 7) is 0. The van der Waals surface area contributed by atoms with Gasteiger partial charge in [0.25, 0.3) is 5.91 Å². The minimum atomic E-state index is -0.603. The maximum Gasteiger partial charge on any atom is 0.255 e. The Labute approximate surface area is 136 Å². The van der Waals surface area contributed by atoms with Gasteiger partial charge < -0.3 is 10.1 Å². The lowest BCUT2D eigenvalue weighted by Gasteiger charge is -2.10. The van der Waals surface area contributed by atoms with Crippen LogP contribution in [0.4, 0.5) is 10.1 Å². The highest BCUT2D eigenvalue weighted by atomic mass is 35.5. The van der Waals surface area contributed by atoms with E-state index < -0.39 is 11.7 Å². The smallest absolute Gasteiger partial charge is 0.255 e. The molecule has 0 unspecified atom stereocenters. The van der Waals surface area contributed by atoms with E-state index in [1.165, 1.54) is 19.2 Å². The molecular weight excluding hydrogens is 319 g/mol. The summed E-state index contributed by atoms with van der Waals surface area (Å²) in [5.41, 5.74) is 1.25. The van der Waals surface area contributed by atoms with Crippen molar-refractivity contribution >= 4 is 34.1 Å². The first-order chi connectivity index (χ1) is 11.1. The summed E-state index contributed by atoms with van der Waals surface area (Å²) in [5.74, 6) is -0.980. The van der Waals surface area contributed by atoms with Crippen molar-refractivity contribution in [2.24, 2.45) is 0 Å². The van der Waals surface area contributed by atoms with E-state index in [0.29, 0.717) is 16.2 Å². The van der Waals surface area contributed by atoms with E-state index in [9.17, 15) is 9.18 Å². The fourth-order valence-corrected chi connectivity index (χ4v) is 2.48. The van der Waals surface area contributed by atoms with Gasteiger partial charge in [-0.05, 0) is 36.4 Å². The van der Waals surface area contributed by atoms with Crippen molar-refractivity contribution in [2.45, 2.75) is 0 Å². The fourth-order valence-electron chi connectivity index (χ4n) is 2.25. The van der Waals surface area contributed by atoms with E-state index in [1.54, 1.807) is 24.4 Å². The Morgan fingerprint density at radius 1 is 1.26 bits per heavy atom. The van der Waals surface area contributed by atoms with Gasteiger partial charge >= 0.3 is 0 Å². The SMILES string of the molecule is COc1ccc(C(=O)Nc2cc(Cl)cc3cccnc23)cc1F. The number of nitrogens with one attached hydrogen (secondary N) is 1. The van der Waals surface area contributed by atoms with Crippen molar-refractivity contribution < 1.29 is 13.9 Å². The van der Waals surface area contributed by atoms with Crippen LogP contribution in [0.3, 0.4) is 0 Å². The van der Waals surface area contributed by atoms with Crippen molar-refractivity contribution in [1.29, 1.82) is 0 Å². The number of rotatable bonds is 3. The number of aromatic nitrogens is 1. The van der Waals surface area contributed by atoms with Gasteiger partial charge in [0.1, 0.15) is 0 Å². The second-order valence-electron chi connectivity index (χ2n) is 4.83. The molecule has 6 heteroatoms. The number of carbonyl (C=O) groups is 1. The minimum absolute atomic E-state index is 0.0800. The van der Waals surface area contributed by atoms with E-state index in [2.05, 4.69) is 10.3 Å². The number of amides is 1. The van der Waals surface area contributed by atoms with Crippen molar-refractivity contribution in [3.8, 4) is 5.75 Å². The van der Waals surface area contributed by atoms with Gasteiger partial charge in [-0.3, -0.25) is 9.78 Å². The van der Waals surface area contributed by atoms with Crippen molar-refractivity contribution in [3.63, 3.8) is 0 Å². The highest BCUT2D eigenvalue weighted by Crippen LogP contribution is 2.27. The summed E-state index contributed by atoms with van der Waals surface area (Å²) in [7, 11) is 1.36. The maximum absolute atomic E-state index is 13.7. The summed E-state index contributed by atoms with van der Waals surface area (Å²) >= 11 is 6.06. The first-order valence-corrected chi connectivity index (χ1v) is 7.15. The molecule has 2 aromatic carbocycles. The molecule has 0 aliphatic heterocycles. The zero-order valence-electron chi connectivity index (χ0n) is 12.1. The molecular formula is C17H12ClFN2O2. The van der Waals surface area contributed by atoms with Gasteiger partial charge in [0.2, 0.25) is 0 Å². The number of benzene rings is 2. The first kappa shape index (κ1) is 15.2. The molecule has 1 aromatic heterocycles. The first-order valence-electron chi connectivity index (χ1n) is 6.77. The Hall–Kier alpha value is -2.66. The Kier molecular flexibility index (Phi) is 4.12. The Morgan fingerprint density at radius 3 is 2.83 bits per heavy atom. The van der Waals surface area contributed by atoms with Crippen LogP contribution in [0.2, 0.25) is 5.02 Å². The molecule has 0 saturated carbocycles. The molecule has 116 valence electrons. The number of hydrogen-bond donors (Lipinski definition) is 1. The number of ether oxygens (including phenoxy) is 1. The monoisotopic (exact) mass is 330 g/mol. The van der Waals surface area contributed by atoms with Gasteiger partial charge in [-0.2, -0.15) is 0 Å². The van der Waals surface area contributed by atoms with Crippen LogP contribution in [0.1, 0.15) is 10.4 Å². The summed E-state index contributed by atoms with van der Waals surface area (Å²) in [5, 5.41) is 3.99. The zero-order chi connectivity index (χ0) is 16.4. The number of pyridine rings is 1. The summed E-state index contributed by atoms with van der Waals surface area (Å²) in [6.07, 6.45) is 1.62. The molecule has 1 heterocycles. The molecule has 1 amide bonds. The zero-order valence-corrected chi connectivity index (χ0v) is 12.9. The van der Waals surface area contributed by atoms with Crippen molar-refractivity contribution in [2.75, 3.05) is 12.4 Å². The van der Waals surface area contributed by atoms with Crippen LogP contribution in [-0.2, 0) is 0 Å². The minimum Gasteiger partial charge on any atom is -0.494 e. The molecule has 3 rings (SSSR count). The maximum atomic E-state index is 13.7. The molecule has 0 fully saturated rings. The van der Waals surface area contributed by atoms with Gasteiger partial charge in [-0.1, -0.05) is 17.7 Å². The molecule has 0 saturated heterocycles. The second kappa shape index (κ2) is 6.22. The molecule has 3 aromatic rings. The molecule has 4 nitrogen and oxygen atoms in total. The Bertz CT molecular complexity index is 899. The number of anilines is 1. The van der Waals surface area contributed by atoms with E-state index in [1.807, 2.05) is 6.07 Å². The molecule has 0 atom stereocenters. The van der Waals surface area contributed by atoms with Crippen LogP contribution >= 0.6 is 11.6 Å². The molecule has 0 radical (unpaired) electrons. The molecule has 0 aliphatic carbocycles. The number of hydrogen-bond acceptors (Lipinski definition) is 3. The largest absolute Gasteiger partial charge is 0.494 e. The third-order valence-electron chi connectivity index (χ3n) is 3.33. The lowest BCUT2D eigenvalue weighted by Crippen LogP contribution is -2.13. The van der Waals surface area contributed by atoms with Gasteiger partial charge in [-0.25, -0.2) is 4.39 Å². The van der Waals surface area contributed by atoms with Crippen LogP contribution in [0, 0.1) is 5.82 Å². The van der Waals surface area contributed by atoms with Crippen LogP contribution in [0.25, 0.3) is 10.9 Å². The van der Waals surface area contributed by atoms with E-state index in [-0.39, 0.29) is 11.3 Å². The lowest BCUT2D eigenvalue weighted by atomic mass is 10.1. The van der Waals surface area contributed by atoms with E-state index >= 15 is 0 Å². The van der Waals surface area contributed by atoms with Crippen LogP contribution in [0.15, 0.2) is 48.7 Å². The summed E-state index contributed by atoms with van der Waals surface area (Å²) < 4.78 is 18.6. The average Bonchev–Trinajstić information content (AvgIpc) is 2.54. The van der Waals surface area contributed by atoms with Gasteiger partial charge in [0.15, 0.2) is 11.6 Å². The molecule has 0 aliphatic rings. The van der Waals surface area contributed by atoms with E-state index in [4.69, 9.17) is 16.3 Å². The second-order valence-corrected chi connectivity index (χ2v) is 5.27. The highest BCUT2D eigenvalue weighted by Gasteiger charge is 2.13. The van der Waals surface area contributed by atoms with Crippen LogP contribution in [0.5, 0.6) is 5.75 Å². The Balaban J connectivity index is 1.96. The third kappa shape index (κ3) is 3.10. The van der Waals surface area contributed by atoms with Crippen LogP contribution < -0.4 is 10.1 Å². The standard InChI is InChI=1S/C17H12ClFN2O2/c1-23-15-5-4-11(8-13(15)19)17(22)21-14-9-12(18)7-10-3-2-6-20-16(10)14/h2-9H,1H3,(H,21,22). The lowest BCUT2D eigenvalue weighted by molar-refractivity contribution is 0.102. The molecule has 0 bridgehead atoms. The highest BCUT2D eigenvalue weighted by molar-refractivity contribution is 6.32. The number of methoxy groups -OCH3 is 1. The number of nitrogens with zero attached hydrogens (tertiary/aromatic N) is 1. The molecule has 1 N–H and O–H groups in total.